The van der Waals surface area contributed by atoms with Crippen molar-refractivity contribution < 1.29 is 9.73 Å². The van der Waals surface area contributed by atoms with Crippen molar-refractivity contribution in [1.29, 1.82) is 0 Å². The Morgan fingerprint density at radius 3 is 1.10 bits per heavy atom. The highest BCUT2D eigenvalue weighted by Gasteiger charge is 2.66. The van der Waals surface area contributed by atoms with Crippen molar-refractivity contribution in [3.63, 3.8) is 0 Å². The fourth-order valence-corrected chi connectivity index (χ4v) is 96.4. The molecule has 1 radical (unpaired) electrons. The molecule has 0 aromatic heterocycles. The summed E-state index contributed by atoms with van der Waals surface area (Å²) in [6.45, 7) is 25.6. The van der Waals surface area contributed by atoms with E-state index < -0.39 is 35.2 Å². The van der Waals surface area contributed by atoms with Crippen LogP contribution in [0.2, 0.25) is 58.9 Å². The van der Waals surface area contributed by atoms with Gasteiger partial charge in [0.2, 0.25) is 0 Å². The summed E-state index contributed by atoms with van der Waals surface area (Å²) in [6.07, 6.45) is 0. The molecule has 3 nitrogen and oxygen atoms in total. The maximum Gasteiger partial charge on any atom is 0.188 e. The van der Waals surface area contributed by atoms with Crippen LogP contribution in [0, 0.1) is 0 Å². The first kappa shape index (κ1) is 20.7. The van der Waals surface area contributed by atoms with Gasteiger partial charge in [-0.1, -0.05) is 64.1 Å². The molecule has 0 aliphatic rings. The van der Waals surface area contributed by atoms with Crippen molar-refractivity contribution in [2.45, 2.75) is 85.2 Å². The van der Waals surface area contributed by atoms with Gasteiger partial charge in [0.05, 0.1) is 28.3 Å². The first-order valence-electron chi connectivity index (χ1n) is 7.54. The van der Waals surface area contributed by atoms with Gasteiger partial charge in [-0.25, -0.2) is 0 Å². The summed E-state index contributed by atoms with van der Waals surface area (Å²) in [5, 5.41) is 13.6. The fourth-order valence-electron chi connectivity index (χ4n) is 4.05. The lowest BCUT2D eigenvalue weighted by atomic mass is 10.1. The minimum atomic E-state index is -2.04. The molecule has 0 heterocycles. The van der Waals surface area contributed by atoms with Gasteiger partial charge in [0.15, 0.2) is 6.87 Å². The molecule has 121 valence electrons. The largest absolute Gasteiger partial charge is 0.328 e. The van der Waals surface area contributed by atoms with E-state index in [1.165, 1.54) is 0 Å². The molecule has 7 heteroatoms. The summed E-state index contributed by atoms with van der Waals surface area (Å²) in [7, 11) is -4.65. The summed E-state index contributed by atoms with van der Waals surface area (Å²) in [5.41, 5.74) is -0.475. The normalized spacial score (nSPS) is 15.9. The van der Waals surface area contributed by atoms with Crippen molar-refractivity contribution in [2.24, 2.45) is 0 Å². The van der Waals surface area contributed by atoms with Crippen molar-refractivity contribution in [3.05, 3.63) is 0 Å². The van der Waals surface area contributed by atoms with E-state index in [1.807, 2.05) is 20.8 Å². The SMILES string of the molecule is CC(C)(C)N([O])O[Si]([Si](C)(C)C)([Si](C)(C)C)[Si](C)(C)C. The summed E-state index contributed by atoms with van der Waals surface area (Å²) in [6, 6.07) is 0. The van der Waals surface area contributed by atoms with Gasteiger partial charge >= 0.3 is 0 Å². The van der Waals surface area contributed by atoms with Crippen LogP contribution in [0.15, 0.2) is 0 Å². The van der Waals surface area contributed by atoms with Crippen LogP contribution in [-0.2, 0) is 9.73 Å². The predicted molar refractivity (Wildman–Crippen MR) is 99.2 cm³/mol. The second-order valence-corrected chi connectivity index (χ2v) is 49.3. The Morgan fingerprint density at radius 1 is 0.700 bits per heavy atom. The maximum atomic E-state index is 12.6. The van der Waals surface area contributed by atoms with Crippen LogP contribution in [0.1, 0.15) is 20.8 Å². The lowest BCUT2D eigenvalue weighted by molar-refractivity contribution is -0.372. The highest BCUT2D eigenvalue weighted by molar-refractivity contribution is 7.87. The molecule has 0 aromatic carbocycles. The molecule has 0 rings (SSSR count). The van der Waals surface area contributed by atoms with Crippen LogP contribution in [0.25, 0.3) is 0 Å². The lowest BCUT2D eigenvalue weighted by Crippen LogP contribution is -2.85. The lowest BCUT2D eigenvalue weighted by Gasteiger charge is -2.56. The third kappa shape index (κ3) is 3.93. The first-order valence-corrected chi connectivity index (χ1v) is 23.0. The van der Waals surface area contributed by atoms with Crippen LogP contribution in [-0.4, -0.2) is 40.4 Å². The quantitative estimate of drug-likeness (QED) is 0.538. The average Bonchev–Trinajstić information content (AvgIpc) is 2.04. The zero-order valence-electron chi connectivity index (χ0n) is 15.8. The monoisotopic (exact) mass is 350 g/mol. The molecule has 0 bridgehead atoms. The Morgan fingerprint density at radius 2 is 0.950 bits per heavy atom. The molecule has 0 atom stereocenters. The van der Waals surface area contributed by atoms with Gasteiger partial charge in [-0.15, -0.1) is 0 Å². The van der Waals surface area contributed by atoms with Gasteiger partial charge in [-0.2, -0.15) is 0 Å². The van der Waals surface area contributed by atoms with Crippen molar-refractivity contribution in [2.75, 3.05) is 0 Å². The van der Waals surface area contributed by atoms with Crippen LogP contribution in [0.4, 0.5) is 0 Å². The van der Waals surface area contributed by atoms with Crippen LogP contribution >= 0.6 is 0 Å². The highest BCUT2D eigenvalue weighted by atomic mass is 29.9. The van der Waals surface area contributed by atoms with E-state index in [4.69, 9.17) is 4.53 Å². The van der Waals surface area contributed by atoms with E-state index >= 15 is 0 Å². The molecular formula is C13H36NO2Si4. The van der Waals surface area contributed by atoms with Crippen LogP contribution < -0.4 is 0 Å². The maximum absolute atomic E-state index is 12.6. The zero-order valence-corrected chi connectivity index (χ0v) is 19.8. The van der Waals surface area contributed by atoms with Gasteiger partial charge in [-0.05, 0) is 26.0 Å². The molecule has 0 fully saturated rings. The first-order chi connectivity index (χ1) is 8.38. The van der Waals surface area contributed by atoms with Gasteiger partial charge in [0.1, 0.15) is 0 Å². The van der Waals surface area contributed by atoms with E-state index in [0.717, 1.165) is 5.23 Å². The van der Waals surface area contributed by atoms with Crippen molar-refractivity contribution in [1.82, 2.24) is 5.23 Å². The van der Waals surface area contributed by atoms with Crippen molar-refractivity contribution in [3.8, 4) is 0 Å². The second kappa shape index (κ2) is 5.75. The molecule has 0 saturated carbocycles. The Balaban J connectivity index is 6.08. The van der Waals surface area contributed by atoms with E-state index in [9.17, 15) is 5.21 Å². The molecule has 0 N–H and O–H groups in total. The van der Waals surface area contributed by atoms with Gasteiger partial charge in [-0.3, -0.25) is 0 Å². The summed E-state index contributed by atoms with van der Waals surface area (Å²) in [4.78, 5) is 0. The minimum absolute atomic E-state index is 0.475. The Bertz CT molecular complexity index is 298. The third-order valence-corrected chi connectivity index (χ3v) is 71.0. The molecule has 0 amide bonds. The fraction of sp³-hybridized carbons (Fsp3) is 1.00. The molecule has 0 aromatic rings. The van der Waals surface area contributed by atoms with Gasteiger partial charge < -0.3 is 4.53 Å². The smallest absolute Gasteiger partial charge is 0.188 e. The number of rotatable bonds is 5. The van der Waals surface area contributed by atoms with Gasteiger partial charge in [0.25, 0.3) is 0 Å². The van der Waals surface area contributed by atoms with E-state index in [0.29, 0.717) is 0 Å². The van der Waals surface area contributed by atoms with Crippen LogP contribution in [0.5, 0.6) is 0 Å². The third-order valence-electron chi connectivity index (χ3n) is 3.94. The summed E-state index contributed by atoms with van der Waals surface area (Å²) < 4.78 is 6.50. The predicted octanol–water partition coefficient (Wildman–Crippen LogP) is 4.56. The standard InChI is InChI=1S/C13H36NO2Si4/c1-13(2,3)14(15)16-20(17(4,5)6,18(7,8)9)19(10,11)12/h1-12H3. The molecule has 0 aliphatic heterocycles. The number of nitrogens with zero attached hydrogens (tertiary/aromatic N) is 1. The topological polar surface area (TPSA) is 32.4 Å². The highest BCUT2D eigenvalue weighted by Crippen LogP contribution is 2.39. The average molecular weight is 351 g/mol. The van der Waals surface area contributed by atoms with Crippen LogP contribution in [0.3, 0.4) is 0 Å². The molecular weight excluding hydrogens is 314 g/mol. The molecule has 20 heavy (non-hydrogen) atoms. The molecule has 0 spiro atoms. The Kier molecular flexibility index (Phi) is 5.96. The van der Waals surface area contributed by atoms with E-state index in [1.54, 1.807) is 0 Å². The Labute approximate surface area is 130 Å². The van der Waals surface area contributed by atoms with Gasteiger partial charge in [0, 0.05) is 0 Å². The van der Waals surface area contributed by atoms with Crippen molar-refractivity contribution >= 4 is 29.6 Å². The Hall–Kier alpha value is 0.748. The summed E-state index contributed by atoms with van der Waals surface area (Å²) >= 11 is 0. The number of hydrogen-bond acceptors (Lipinski definition) is 2. The summed E-state index contributed by atoms with van der Waals surface area (Å²) in [5.74, 6) is 0. The molecule has 0 saturated heterocycles. The number of hydrogen-bond donors (Lipinski definition) is 0. The molecule has 0 aliphatic carbocycles. The zero-order chi connectivity index (χ0) is 16.8. The molecule has 0 unspecified atom stereocenters. The second-order valence-electron chi connectivity index (χ2n) is 9.95. The van der Waals surface area contributed by atoms with E-state index in [2.05, 4.69) is 58.9 Å². The number of hydroxylamine groups is 2. The minimum Gasteiger partial charge on any atom is -0.328 e. The van der Waals surface area contributed by atoms with E-state index in [-0.39, 0.29) is 0 Å².